The predicted molar refractivity (Wildman–Crippen MR) is 90.3 cm³/mol. The molecule has 0 amide bonds. The summed E-state index contributed by atoms with van der Waals surface area (Å²) in [6.07, 6.45) is 10.6. The van der Waals surface area contributed by atoms with Crippen LogP contribution in [0.3, 0.4) is 0 Å². The number of ether oxygens (including phenoxy) is 1. The molecule has 0 saturated carbocycles. The van der Waals surface area contributed by atoms with E-state index in [2.05, 4.69) is 6.92 Å². The molecule has 0 aliphatic heterocycles. The van der Waals surface area contributed by atoms with E-state index in [0.29, 0.717) is 6.42 Å². The number of hydrogen-bond acceptors (Lipinski definition) is 4. The fourth-order valence-corrected chi connectivity index (χ4v) is 2.46. The zero-order chi connectivity index (χ0) is 17.7. The molecule has 0 fully saturated rings. The van der Waals surface area contributed by atoms with Crippen molar-refractivity contribution in [3.05, 3.63) is 0 Å². The highest BCUT2D eigenvalue weighted by Crippen LogP contribution is 2.21. The zero-order valence-corrected chi connectivity index (χ0v) is 15.0. The Bertz CT molecular complexity index is 340. The lowest BCUT2D eigenvalue weighted by atomic mass is 9.97. The number of hydrogen-bond donors (Lipinski definition) is 2. The van der Waals surface area contributed by atoms with Crippen LogP contribution in [0.15, 0.2) is 0 Å². The van der Waals surface area contributed by atoms with Crippen LogP contribution in [-0.2, 0) is 14.3 Å². The van der Waals surface area contributed by atoms with Gasteiger partial charge in [0.2, 0.25) is 5.60 Å². The number of aliphatic hydroxyl groups excluding tert-OH is 1. The minimum Gasteiger partial charge on any atom is -0.478 e. The maximum absolute atomic E-state index is 11.4. The second-order valence-corrected chi connectivity index (χ2v) is 6.57. The number of carbonyl (C=O) groups excluding carboxylic acids is 1. The quantitative estimate of drug-likeness (QED) is 0.370. The Morgan fingerprint density at radius 1 is 0.957 bits per heavy atom. The first-order valence-corrected chi connectivity index (χ1v) is 8.97. The van der Waals surface area contributed by atoms with E-state index in [1.54, 1.807) is 0 Å². The van der Waals surface area contributed by atoms with E-state index < -0.39 is 23.6 Å². The third-order valence-electron chi connectivity index (χ3n) is 4.13. The van der Waals surface area contributed by atoms with Gasteiger partial charge in [-0.3, -0.25) is 0 Å². The average molecular weight is 330 g/mol. The van der Waals surface area contributed by atoms with E-state index in [0.717, 1.165) is 12.8 Å². The molecule has 0 bridgehead atoms. The molecule has 2 unspecified atom stereocenters. The average Bonchev–Trinajstić information content (AvgIpc) is 2.48. The summed E-state index contributed by atoms with van der Waals surface area (Å²) < 4.78 is 4.95. The van der Waals surface area contributed by atoms with Crippen LogP contribution in [0.1, 0.15) is 91.4 Å². The van der Waals surface area contributed by atoms with E-state index in [1.807, 2.05) is 0 Å². The van der Waals surface area contributed by atoms with Gasteiger partial charge in [0.15, 0.2) is 0 Å². The lowest BCUT2D eigenvalue weighted by Crippen LogP contribution is -2.42. The molecule has 0 aliphatic rings. The molecule has 0 aromatic carbocycles. The largest absolute Gasteiger partial charge is 0.478 e. The van der Waals surface area contributed by atoms with Gasteiger partial charge in [-0.25, -0.2) is 9.59 Å². The van der Waals surface area contributed by atoms with E-state index in [4.69, 9.17) is 9.84 Å². The van der Waals surface area contributed by atoms with Gasteiger partial charge in [-0.15, -0.1) is 0 Å². The number of carboxylic acid groups (broad SMARTS) is 1. The van der Waals surface area contributed by atoms with Gasteiger partial charge < -0.3 is 14.9 Å². The van der Waals surface area contributed by atoms with E-state index in [1.165, 1.54) is 58.8 Å². The van der Waals surface area contributed by atoms with Crippen LogP contribution in [0.2, 0.25) is 0 Å². The van der Waals surface area contributed by atoms with Gasteiger partial charge in [-0.1, -0.05) is 64.7 Å². The van der Waals surface area contributed by atoms with Gasteiger partial charge in [-0.2, -0.15) is 0 Å². The molecule has 0 aromatic heterocycles. The van der Waals surface area contributed by atoms with Gasteiger partial charge in [0, 0.05) is 0 Å². The first-order chi connectivity index (χ1) is 10.8. The third-order valence-corrected chi connectivity index (χ3v) is 4.13. The molecule has 23 heavy (non-hydrogen) atoms. The van der Waals surface area contributed by atoms with E-state index >= 15 is 0 Å². The molecule has 0 aliphatic carbocycles. The highest BCUT2D eigenvalue weighted by atomic mass is 16.6. The zero-order valence-electron chi connectivity index (χ0n) is 15.0. The Kier molecular flexibility index (Phi) is 11.7. The van der Waals surface area contributed by atoms with Gasteiger partial charge in [0.1, 0.15) is 6.10 Å². The molecule has 5 nitrogen and oxygen atoms in total. The Morgan fingerprint density at radius 3 is 1.78 bits per heavy atom. The summed E-state index contributed by atoms with van der Waals surface area (Å²) in [7, 11) is 0. The second kappa shape index (κ2) is 12.3. The number of unbranched alkanes of at least 4 members (excludes halogenated alkanes) is 9. The predicted octanol–water partition coefficient (Wildman–Crippen LogP) is 4.06. The van der Waals surface area contributed by atoms with Crippen LogP contribution in [-0.4, -0.2) is 33.9 Å². The monoisotopic (exact) mass is 330 g/mol. The number of carboxylic acids is 1. The Morgan fingerprint density at radius 2 is 1.39 bits per heavy atom. The molecular weight excluding hydrogens is 296 g/mol. The lowest BCUT2D eigenvalue weighted by Gasteiger charge is -2.25. The molecule has 0 saturated heterocycles. The SMILES string of the molecule is CCCCCCCCCCCCC(C)(OC(=O)C(C)O)C(=O)O. The van der Waals surface area contributed by atoms with Crippen molar-refractivity contribution in [2.24, 2.45) is 0 Å². The smallest absolute Gasteiger partial charge is 0.347 e. The summed E-state index contributed by atoms with van der Waals surface area (Å²) in [5.74, 6) is -2.05. The number of rotatable bonds is 14. The number of aliphatic hydroxyl groups is 1. The number of esters is 1. The Balaban J connectivity index is 3.85. The maximum atomic E-state index is 11.4. The topological polar surface area (TPSA) is 83.8 Å². The van der Waals surface area contributed by atoms with Gasteiger partial charge >= 0.3 is 11.9 Å². The summed E-state index contributed by atoms with van der Waals surface area (Å²) in [5, 5.41) is 18.4. The molecule has 0 aromatic rings. The summed E-state index contributed by atoms with van der Waals surface area (Å²) in [6.45, 7) is 4.87. The Labute approximate surface area is 140 Å². The standard InChI is InChI=1S/C18H34O5/c1-4-5-6-7-8-9-10-11-12-13-14-18(3,17(21)22)23-16(20)15(2)19/h15,19H,4-14H2,1-3H3,(H,21,22). The number of aliphatic carboxylic acids is 1. The third kappa shape index (κ3) is 10.3. The fourth-order valence-electron chi connectivity index (χ4n) is 2.46. The first kappa shape index (κ1) is 21.9. The maximum Gasteiger partial charge on any atom is 0.347 e. The van der Waals surface area contributed by atoms with Crippen LogP contribution >= 0.6 is 0 Å². The van der Waals surface area contributed by atoms with Gasteiger partial charge in [-0.05, 0) is 26.7 Å². The van der Waals surface area contributed by atoms with Crippen LogP contribution in [0.25, 0.3) is 0 Å². The van der Waals surface area contributed by atoms with Crippen LogP contribution < -0.4 is 0 Å². The summed E-state index contributed by atoms with van der Waals surface area (Å²) in [4.78, 5) is 22.7. The van der Waals surface area contributed by atoms with Crippen molar-refractivity contribution < 1.29 is 24.5 Å². The van der Waals surface area contributed by atoms with Gasteiger partial charge in [0.25, 0.3) is 0 Å². The molecule has 0 radical (unpaired) electrons. The van der Waals surface area contributed by atoms with Crippen LogP contribution in [0, 0.1) is 0 Å². The highest BCUT2D eigenvalue weighted by Gasteiger charge is 2.37. The minimum absolute atomic E-state index is 0.275. The fraction of sp³-hybridized carbons (Fsp3) is 0.889. The first-order valence-electron chi connectivity index (χ1n) is 8.97. The summed E-state index contributed by atoms with van der Waals surface area (Å²) in [6, 6.07) is 0. The number of carbonyl (C=O) groups is 2. The van der Waals surface area contributed by atoms with Crippen molar-refractivity contribution in [1.82, 2.24) is 0 Å². The lowest BCUT2D eigenvalue weighted by molar-refractivity contribution is -0.182. The summed E-state index contributed by atoms with van der Waals surface area (Å²) >= 11 is 0. The molecular formula is C18H34O5. The van der Waals surface area contributed by atoms with E-state index in [-0.39, 0.29) is 6.42 Å². The molecule has 5 heteroatoms. The summed E-state index contributed by atoms with van der Waals surface area (Å²) in [5.41, 5.74) is -1.55. The van der Waals surface area contributed by atoms with Crippen molar-refractivity contribution in [2.45, 2.75) is 103 Å². The van der Waals surface area contributed by atoms with Crippen molar-refractivity contribution in [3.8, 4) is 0 Å². The highest BCUT2D eigenvalue weighted by molar-refractivity contribution is 5.82. The van der Waals surface area contributed by atoms with Crippen molar-refractivity contribution in [3.63, 3.8) is 0 Å². The Hall–Kier alpha value is -1.10. The van der Waals surface area contributed by atoms with Crippen LogP contribution in [0.4, 0.5) is 0 Å². The van der Waals surface area contributed by atoms with Crippen molar-refractivity contribution >= 4 is 11.9 Å². The molecule has 0 rings (SSSR count). The molecule has 0 heterocycles. The van der Waals surface area contributed by atoms with E-state index in [9.17, 15) is 14.7 Å². The van der Waals surface area contributed by atoms with Crippen molar-refractivity contribution in [1.29, 1.82) is 0 Å². The molecule has 136 valence electrons. The van der Waals surface area contributed by atoms with Crippen molar-refractivity contribution in [2.75, 3.05) is 0 Å². The minimum atomic E-state index is -1.55. The van der Waals surface area contributed by atoms with Crippen LogP contribution in [0.5, 0.6) is 0 Å². The molecule has 0 spiro atoms. The molecule has 2 atom stereocenters. The van der Waals surface area contributed by atoms with Gasteiger partial charge in [0.05, 0.1) is 0 Å². The molecule has 2 N–H and O–H groups in total. The second-order valence-electron chi connectivity index (χ2n) is 6.57. The normalized spacial score (nSPS) is 15.0.